The van der Waals surface area contributed by atoms with Crippen molar-refractivity contribution >= 4 is 0 Å². The Kier molecular flexibility index (Phi) is 3.64. The molecule has 1 N–H and O–H groups in total. The van der Waals surface area contributed by atoms with Crippen molar-refractivity contribution in [2.24, 2.45) is 0 Å². The first kappa shape index (κ1) is 10.5. The van der Waals surface area contributed by atoms with Crippen molar-refractivity contribution in [2.75, 3.05) is 20.2 Å². The minimum Gasteiger partial charge on any atom is -0.377 e. The molecule has 2 rings (SSSR count). The zero-order valence-electron chi connectivity index (χ0n) is 9.07. The normalized spacial score (nSPS) is 21.5. The second kappa shape index (κ2) is 5.19. The quantitative estimate of drug-likeness (QED) is 0.806. The van der Waals surface area contributed by atoms with E-state index in [1.54, 1.807) is 7.11 Å². The molecule has 1 fully saturated rings. The van der Waals surface area contributed by atoms with Gasteiger partial charge in [0, 0.05) is 31.5 Å². The van der Waals surface area contributed by atoms with E-state index in [2.05, 4.69) is 15.3 Å². The molecule has 0 aliphatic carbocycles. The lowest BCUT2D eigenvalue weighted by Gasteiger charge is -2.22. The molecule has 0 bridgehead atoms. The van der Waals surface area contributed by atoms with Gasteiger partial charge in [0.2, 0.25) is 0 Å². The van der Waals surface area contributed by atoms with E-state index in [-0.39, 0.29) is 0 Å². The summed E-state index contributed by atoms with van der Waals surface area (Å²) >= 11 is 0. The third kappa shape index (κ3) is 2.73. The molecular weight excluding hydrogens is 190 g/mol. The number of nitrogens with one attached hydrogen (secondary N) is 1. The van der Waals surface area contributed by atoms with Crippen LogP contribution >= 0.6 is 0 Å². The predicted molar refractivity (Wildman–Crippen MR) is 57.6 cm³/mol. The molecule has 1 aromatic heterocycles. The second-order valence-electron chi connectivity index (χ2n) is 3.87. The topological polar surface area (TPSA) is 47.0 Å². The summed E-state index contributed by atoms with van der Waals surface area (Å²) in [5.74, 6) is 1.32. The number of methoxy groups -OCH3 is 1. The Hall–Kier alpha value is -1.00. The van der Waals surface area contributed by atoms with Crippen molar-refractivity contribution in [3.63, 3.8) is 0 Å². The van der Waals surface area contributed by atoms with Crippen LogP contribution in [0, 0.1) is 0 Å². The zero-order chi connectivity index (χ0) is 10.5. The van der Waals surface area contributed by atoms with E-state index in [0.717, 1.165) is 24.6 Å². The SMILES string of the molecule is COCc1nccc([C@@H]2CCCNC2)n1. The summed E-state index contributed by atoms with van der Waals surface area (Å²) in [6, 6.07) is 2.01. The molecule has 82 valence electrons. The van der Waals surface area contributed by atoms with Crippen molar-refractivity contribution in [2.45, 2.75) is 25.4 Å². The van der Waals surface area contributed by atoms with Gasteiger partial charge in [-0.3, -0.25) is 0 Å². The van der Waals surface area contributed by atoms with Gasteiger partial charge in [-0.1, -0.05) is 0 Å². The Morgan fingerprint density at radius 1 is 1.60 bits per heavy atom. The fourth-order valence-corrected chi connectivity index (χ4v) is 1.95. The molecule has 4 heteroatoms. The maximum Gasteiger partial charge on any atom is 0.154 e. The Morgan fingerprint density at radius 3 is 3.27 bits per heavy atom. The molecule has 1 saturated heterocycles. The molecule has 0 radical (unpaired) electrons. The molecule has 1 aromatic rings. The standard InChI is InChI=1S/C11H17N3O/c1-15-8-11-13-6-4-10(14-11)9-3-2-5-12-7-9/h4,6,9,12H,2-3,5,7-8H2,1H3/t9-/m1/s1. The van der Waals surface area contributed by atoms with E-state index >= 15 is 0 Å². The van der Waals surface area contributed by atoms with Crippen LogP contribution in [0.2, 0.25) is 0 Å². The maximum atomic E-state index is 5.03. The van der Waals surface area contributed by atoms with Crippen molar-refractivity contribution in [3.8, 4) is 0 Å². The monoisotopic (exact) mass is 207 g/mol. The minimum absolute atomic E-state index is 0.494. The molecule has 2 heterocycles. The third-order valence-electron chi connectivity index (χ3n) is 2.72. The molecule has 0 unspecified atom stereocenters. The number of piperidine rings is 1. The van der Waals surface area contributed by atoms with E-state index in [1.165, 1.54) is 12.8 Å². The largest absolute Gasteiger partial charge is 0.377 e. The van der Waals surface area contributed by atoms with Gasteiger partial charge < -0.3 is 10.1 Å². The molecule has 0 saturated carbocycles. The molecule has 0 aromatic carbocycles. The van der Waals surface area contributed by atoms with Gasteiger partial charge in [0.05, 0.1) is 0 Å². The van der Waals surface area contributed by atoms with Crippen molar-refractivity contribution in [3.05, 3.63) is 23.8 Å². The van der Waals surface area contributed by atoms with Crippen LogP contribution in [0.15, 0.2) is 12.3 Å². The van der Waals surface area contributed by atoms with E-state index in [1.807, 2.05) is 12.3 Å². The highest BCUT2D eigenvalue weighted by atomic mass is 16.5. The summed E-state index contributed by atoms with van der Waals surface area (Å²) in [6.07, 6.45) is 4.27. The Bertz CT molecular complexity index is 310. The van der Waals surface area contributed by atoms with Crippen LogP contribution in [0.1, 0.15) is 30.3 Å². The van der Waals surface area contributed by atoms with Crippen LogP contribution in [-0.4, -0.2) is 30.2 Å². The number of hydrogen-bond donors (Lipinski definition) is 1. The second-order valence-corrected chi connectivity index (χ2v) is 3.87. The van der Waals surface area contributed by atoms with Gasteiger partial charge in [-0.05, 0) is 25.5 Å². The molecule has 1 atom stereocenters. The van der Waals surface area contributed by atoms with Gasteiger partial charge in [0.1, 0.15) is 6.61 Å². The van der Waals surface area contributed by atoms with Gasteiger partial charge in [-0.25, -0.2) is 9.97 Å². The summed E-state index contributed by atoms with van der Waals surface area (Å²) in [4.78, 5) is 8.68. The Morgan fingerprint density at radius 2 is 2.53 bits per heavy atom. The van der Waals surface area contributed by atoms with Gasteiger partial charge in [-0.2, -0.15) is 0 Å². The van der Waals surface area contributed by atoms with Crippen molar-refractivity contribution in [1.82, 2.24) is 15.3 Å². The number of hydrogen-bond acceptors (Lipinski definition) is 4. The van der Waals surface area contributed by atoms with Crippen LogP contribution in [0.5, 0.6) is 0 Å². The van der Waals surface area contributed by atoms with Crippen LogP contribution in [-0.2, 0) is 11.3 Å². The number of aromatic nitrogens is 2. The lowest BCUT2D eigenvalue weighted by Crippen LogP contribution is -2.29. The summed E-state index contributed by atoms with van der Waals surface area (Å²) in [6.45, 7) is 2.66. The van der Waals surface area contributed by atoms with E-state index in [9.17, 15) is 0 Å². The average Bonchev–Trinajstić information content (AvgIpc) is 2.31. The fourth-order valence-electron chi connectivity index (χ4n) is 1.95. The van der Waals surface area contributed by atoms with Crippen LogP contribution in [0.25, 0.3) is 0 Å². The average molecular weight is 207 g/mol. The first-order valence-electron chi connectivity index (χ1n) is 5.41. The lowest BCUT2D eigenvalue weighted by atomic mass is 9.96. The lowest BCUT2D eigenvalue weighted by molar-refractivity contribution is 0.177. The van der Waals surface area contributed by atoms with Crippen LogP contribution in [0.4, 0.5) is 0 Å². The summed E-state index contributed by atoms with van der Waals surface area (Å²) in [5, 5.41) is 3.39. The number of nitrogens with zero attached hydrogens (tertiary/aromatic N) is 2. The van der Waals surface area contributed by atoms with E-state index < -0.39 is 0 Å². The third-order valence-corrected chi connectivity index (χ3v) is 2.72. The molecule has 4 nitrogen and oxygen atoms in total. The number of rotatable bonds is 3. The highest BCUT2D eigenvalue weighted by molar-refractivity contribution is 5.09. The van der Waals surface area contributed by atoms with Crippen LogP contribution in [0.3, 0.4) is 0 Å². The first-order valence-corrected chi connectivity index (χ1v) is 5.41. The zero-order valence-corrected chi connectivity index (χ0v) is 9.07. The van der Waals surface area contributed by atoms with E-state index in [0.29, 0.717) is 12.5 Å². The van der Waals surface area contributed by atoms with Gasteiger partial charge >= 0.3 is 0 Å². The van der Waals surface area contributed by atoms with Crippen molar-refractivity contribution < 1.29 is 4.74 Å². The van der Waals surface area contributed by atoms with Gasteiger partial charge in [0.15, 0.2) is 5.82 Å². The molecule has 1 aliphatic rings. The summed E-state index contributed by atoms with van der Waals surface area (Å²) < 4.78 is 5.03. The van der Waals surface area contributed by atoms with Gasteiger partial charge in [0.25, 0.3) is 0 Å². The molecular formula is C11H17N3O. The predicted octanol–water partition coefficient (Wildman–Crippen LogP) is 1.09. The maximum absolute atomic E-state index is 5.03. The van der Waals surface area contributed by atoms with E-state index in [4.69, 9.17) is 4.74 Å². The first-order chi connectivity index (χ1) is 7.40. The fraction of sp³-hybridized carbons (Fsp3) is 0.636. The Balaban J connectivity index is 2.09. The van der Waals surface area contributed by atoms with Gasteiger partial charge in [-0.15, -0.1) is 0 Å². The number of ether oxygens (including phenoxy) is 1. The summed E-state index contributed by atoms with van der Waals surface area (Å²) in [7, 11) is 1.66. The van der Waals surface area contributed by atoms with Crippen LogP contribution < -0.4 is 5.32 Å². The smallest absolute Gasteiger partial charge is 0.154 e. The summed E-state index contributed by atoms with van der Waals surface area (Å²) in [5.41, 5.74) is 1.14. The highest BCUT2D eigenvalue weighted by Crippen LogP contribution is 2.20. The molecule has 0 spiro atoms. The van der Waals surface area contributed by atoms with Crippen molar-refractivity contribution in [1.29, 1.82) is 0 Å². The molecule has 1 aliphatic heterocycles. The highest BCUT2D eigenvalue weighted by Gasteiger charge is 2.16. The Labute approximate surface area is 90.1 Å². The molecule has 15 heavy (non-hydrogen) atoms. The minimum atomic E-state index is 0.494. The molecule has 0 amide bonds.